The number of rotatable bonds is 6. The molecule has 4 rings (SSSR count). The highest BCUT2D eigenvalue weighted by Crippen LogP contribution is 2.25. The molecule has 1 fully saturated rings. The average molecular weight is 494 g/mol. The Balaban J connectivity index is 1.35. The van der Waals surface area contributed by atoms with Crippen molar-refractivity contribution in [1.29, 1.82) is 0 Å². The lowest BCUT2D eigenvalue weighted by Gasteiger charge is -2.36. The third kappa shape index (κ3) is 5.69. The smallest absolute Gasteiger partial charge is 0.255 e. The van der Waals surface area contributed by atoms with Gasteiger partial charge < -0.3 is 24.6 Å². The molecule has 1 saturated heterocycles. The van der Waals surface area contributed by atoms with Crippen LogP contribution in [0.2, 0.25) is 5.02 Å². The molecule has 8 heteroatoms. The van der Waals surface area contributed by atoms with E-state index in [4.69, 9.17) is 21.1 Å². The number of carbonyl (C=O) groups excluding carboxylic acids is 2. The highest BCUT2D eigenvalue weighted by Gasteiger charge is 2.23. The Morgan fingerprint density at radius 1 is 0.829 bits per heavy atom. The zero-order chi connectivity index (χ0) is 24.9. The van der Waals surface area contributed by atoms with E-state index in [0.29, 0.717) is 59.5 Å². The first-order valence-corrected chi connectivity index (χ1v) is 11.7. The molecule has 7 nitrogen and oxygen atoms in total. The summed E-state index contributed by atoms with van der Waals surface area (Å²) in [6.45, 7) is 4.52. The summed E-state index contributed by atoms with van der Waals surface area (Å²) in [4.78, 5) is 29.6. The van der Waals surface area contributed by atoms with E-state index < -0.39 is 0 Å². The predicted octanol–water partition coefficient (Wildman–Crippen LogP) is 4.88. The van der Waals surface area contributed by atoms with Gasteiger partial charge in [-0.2, -0.15) is 0 Å². The van der Waals surface area contributed by atoms with Crippen molar-refractivity contribution in [3.63, 3.8) is 0 Å². The summed E-state index contributed by atoms with van der Waals surface area (Å²) in [5.74, 6) is 0.921. The number of hydrogen-bond acceptors (Lipinski definition) is 5. The molecule has 0 radical (unpaired) electrons. The van der Waals surface area contributed by atoms with Gasteiger partial charge in [0.05, 0.1) is 14.2 Å². The number of benzene rings is 3. The second-order valence-corrected chi connectivity index (χ2v) is 8.75. The van der Waals surface area contributed by atoms with Crippen LogP contribution < -0.4 is 19.7 Å². The lowest BCUT2D eigenvalue weighted by atomic mass is 10.1. The molecule has 35 heavy (non-hydrogen) atoms. The van der Waals surface area contributed by atoms with Crippen LogP contribution in [0.3, 0.4) is 0 Å². The maximum absolute atomic E-state index is 13.0. The van der Waals surface area contributed by atoms with Crippen LogP contribution in [-0.4, -0.2) is 57.1 Å². The van der Waals surface area contributed by atoms with Crippen LogP contribution in [0.25, 0.3) is 0 Å². The molecule has 0 unspecified atom stereocenters. The number of anilines is 2. The van der Waals surface area contributed by atoms with Crippen LogP contribution >= 0.6 is 11.6 Å². The van der Waals surface area contributed by atoms with Crippen molar-refractivity contribution in [2.24, 2.45) is 0 Å². The lowest BCUT2D eigenvalue weighted by molar-refractivity contribution is 0.0746. The van der Waals surface area contributed by atoms with E-state index in [1.807, 2.05) is 42.2 Å². The number of methoxy groups -OCH3 is 2. The third-order valence-corrected chi connectivity index (χ3v) is 6.50. The van der Waals surface area contributed by atoms with Gasteiger partial charge in [0.1, 0.15) is 11.5 Å². The van der Waals surface area contributed by atoms with E-state index >= 15 is 0 Å². The van der Waals surface area contributed by atoms with Gasteiger partial charge >= 0.3 is 0 Å². The third-order valence-electron chi connectivity index (χ3n) is 6.09. The fourth-order valence-electron chi connectivity index (χ4n) is 3.97. The summed E-state index contributed by atoms with van der Waals surface area (Å²) in [5.41, 5.74) is 3.73. The van der Waals surface area contributed by atoms with Gasteiger partial charge in [-0.3, -0.25) is 9.59 Å². The highest BCUT2D eigenvalue weighted by molar-refractivity contribution is 6.31. The summed E-state index contributed by atoms with van der Waals surface area (Å²) >= 11 is 6.14. The van der Waals surface area contributed by atoms with Crippen molar-refractivity contribution in [2.45, 2.75) is 6.92 Å². The molecular formula is C27H28ClN3O4. The molecule has 1 N–H and O–H groups in total. The SMILES string of the molecule is COc1cc(OC)cc(C(=O)N2CCN(c3ccc(NC(=O)c4ccc(C)c(Cl)c4)cc3)CC2)c1. The van der Waals surface area contributed by atoms with Crippen molar-refractivity contribution < 1.29 is 19.1 Å². The van der Waals surface area contributed by atoms with E-state index in [2.05, 4.69) is 10.2 Å². The van der Waals surface area contributed by atoms with Crippen molar-refractivity contribution in [3.05, 3.63) is 82.4 Å². The Hall–Kier alpha value is -3.71. The second-order valence-electron chi connectivity index (χ2n) is 8.35. The lowest BCUT2D eigenvalue weighted by Crippen LogP contribution is -2.48. The predicted molar refractivity (Wildman–Crippen MR) is 138 cm³/mol. The van der Waals surface area contributed by atoms with Crippen LogP contribution in [0.4, 0.5) is 11.4 Å². The first-order valence-electron chi connectivity index (χ1n) is 11.3. The number of amides is 2. The number of piperazine rings is 1. The molecule has 0 bridgehead atoms. The monoisotopic (exact) mass is 493 g/mol. The molecule has 3 aromatic carbocycles. The van der Waals surface area contributed by atoms with Gasteiger partial charge in [0.25, 0.3) is 11.8 Å². The number of carbonyl (C=O) groups is 2. The highest BCUT2D eigenvalue weighted by atomic mass is 35.5. The summed E-state index contributed by atoms with van der Waals surface area (Å²) < 4.78 is 10.6. The van der Waals surface area contributed by atoms with E-state index in [1.54, 1.807) is 44.6 Å². The second kappa shape index (κ2) is 10.7. The largest absolute Gasteiger partial charge is 0.497 e. The summed E-state index contributed by atoms with van der Waals surface area (Å²) in [7, 11) is 3.13. The average Bonchev–Trinajstić information content (AvgIpc) is 2.90. The van der Waals surface area contributed by atoms with Crippen LogP contribution in [0.5, 0.6) is 11.5 Å². The van der Waals surface area contributed by atoms with Crippen molar-refractivity contribution in [2.75, 3.05) is 50.6 Å². The normalized spacial score (nSPS) is 13.4. The fraction of sp³-hybridized carbons (Fsp3) is 0.259. The fourth-order valence-corrected chi connectivity index (χ4v) is 4.15. The van der Waals surface area contributed by atoms with Gasteiger partial charge in [0.15, 0.2) is 0 Å². The zero-order valence-electron chi connectivity index (χ0n) is 20.0. The molecule has 0 aromatic heterocycles. The summed E-state index contributed by atoms with van der Waals surface area (Å²) in [5, 5.41) is 3.47. The number of halogens is 1. The van der Waals surface area contributed by atoms with Crippen molar-refractivity contribution in [1.82, 2.24) is 4.90 Å². The van der Waals surface area contributed by atoms with Crippen LogP contribution in [0.15, 0.2) is 60.7 Å². The summed E-state index contributed by atoms with van der Waals surface area (Å²) in [6.07, 6.45) is 0. The molecule has 0 aliphatic carbocycles. The van der Waals surface area contributed by atoms with Gasteiger partial charge in [0, 0.05) is 59.8 Å². The van der Waals surface area contributed by atoms with E-state index in [-0.39, 0.29) is 11.8 Å². The molecular weight excluding hydrogens is 466 g/mol. The number of nitrogens with zero attached hydrogens (tertiary/aromatic N) is 2. The number of aryl methyl sites for hydroxylation is 1. The standard InChI is InChI=1S/C27H28ClN3O4/c1-18-4-5-19(16-25(18)28)26(32)29-21-6-8-22(9-7-21)30-10-12-31(13-11-30)27(33)20-14-23(34-2)17-24(15-20)35-3/h4-9,14-17H,10-13H2,1-3H3,(H,29,32). The minimum atomic E-state index is -0.207. The number of ether oxygens (including phenoxy) is 2. The molecule has 2 amide bonds. The van der Waals surface area contributed by atoms with Gasteiger partial charge in [-0.1, -0.05) is 17.7 Å². The minimum Gasteiger partial charge on any atom is -0.497 e. The zero-order valence-corrected chi connectivity index (χ0v) is 20.8. The maximum Gasteiger partial charge on any atom is 0.255 e. The van der Waals surface area contributed by atoms with Crippen LogP contribution in [-0.2, 0) is 0 Å². The number of nitrogens with one attached hydrogen (secondary N) is 1. The Morgan fingerprint density at radius 2 is 1.46 bits per heavy atom. The van der Waals surface area contributed by atoms with Gasteiger partial charge in [0.2, 0.25) is 0 Å². The van der Waals surface area contributed by atoms with Crippen molar-refractivity contribution in [3.8, 4) is 11.5 Å². The molecule has 1 heterocycles. The Labute approximate surface area is 210 Å². The van der Waals surface area contributed by atoms with Crippen LogP contribution in [0.1, 0.15) is 26.3 Å². The molecule has 1 aliphatic heterocycles. The van der Waals surface area contributed by atoms with E-state index in [1.165, 1.54) is 0 Å². The molecule has 0 spiro atoms. The molecule has 0 saturated carbocycles. The molecule has 182 valence electrons. The number of hydrogen-bond donors (Lipinski definition) is 1. The first-order chi connectivity index (χ1) is 16.9. The Bertz CT molecular complexity index is 1200. The van der Waals surface area contributed by atoms with Crippen molar-refractivity contribution >= 4 is 34.8 Å². The van der Waals surface area contributed by atoms with E-state index in [9.17, 15) is 9.59 Å². The minimum absolute atomic E-state index is 0.0453. The van der Waals surface area contributed by atoms with Gasteiger partial charge in [-0.25, -0.2) is 0 Å². The van der Waals surface area contributed by atoms with Crippen LogP contribution in [0, 0.1) is 6.92 Å². The topological polar surface area (TPSA) is 71.1 Å². The molecule has 3 aromatic rings. The first kappa shape index (κ1) is 24.4. The Morgan fingerprint density at radius 3 is 2.03 bits per heavy atom. The Kier molecular flexibility index (Phi) is 7.46. The summed E-state index contributed by atoms with van der Waals surface area (Å²) in [6, 6.07) is 18.2. The maximum atomic E-state index is 13.0. The van der Waals surface area contributed by atoms with Gasteiger partial charge in [-0.05, 0) is 61.0 Å². The molecule has 1 aliphatic rings. The van der Waals surface area contributed by atoms with Gasteiger partial charge in [-0.15, -0.1) is 0 Å². The van der Waals surface area contributed by atoms with E-state index in [0.717, 1.165) is 11.3 Å². The molecule has 0 atom stereocenters. The quantitative estimate of drug-likeness (QED) is 0.530.